The van der Waals surface area contributed by atoms with Crippen LogP contribution in [0.4, 0.5) is 13.2 Å². The van der Waals surface area contributed by atoms with Crippen molar-refractivity contribution in [3.05, 3.63) is 65.2 Å². The molecule has 0 amide bonds. The van der Waals surface area contributed by atoms with Gasteiger partial charge in [0.2, 0.25) is 0 Å². The van der Waals surface area contributed by atoms with Gasteiger partial charge in [-0.25, -0.2) is 4.79 Å². The number of alkyl halides is 3. The lowest BCUT2D eigenvalue weighted by atomic mass is 9.86. The van der Waals surface area contributed by atoms with Gasteiger partial charge >= 0.3 is 12.3 Å². The maximum Gasteiger partial charge on any atom is 0.573 e. The topological polar surface area (TPSA) is 61.6 Å². The highest BCUT2D eigenvalue weighted by Gasteiger charge is 2.31. The number of nitrogens with two attached hydrogens (primary N) is 1. The van der Waals surface area contributed by atoms with Gasteiger partial charge in [-0.15, -0.1) is 13.2 Å². The van der Waals surface area contributed by atoms with Crippen molar-refractivity contribution >= 4 is 5.97 Å². The average molecular weight is 423 g/mol. The van der Waals surface area contributed by atoms with Gasteiger partial charge in [0.1, 0.15) is 11.4 Å². The first-order valence-electron chi connectivity index (χ1n) is 9.77. The first-order valence-corrected chi connectivity index (χ1v) is 9.77. The highest BCUT2D eigenvalue weighted by atomic mass is 19.4. The highest BCUT2D eigenvalue weighted by Crippen LogP contribution is 2.31. The Bertz CT molecular complexity index is 825. The summed E-state index contributed by atoms with van der Waals surface area (Å²) < 4.78 is 46.2. The molecule has 30 heavy (non-hydrogen) atoms. The number of hydrogen-bond donors (Lipinski definition) is 1. The Hall–Kier alpha value is -2.54. The summed E-state index contributed by atoms with van der Waals surface area (Å²) in [6.45, 7) is 7.84. The summed E-state index contributed by atoms with van der Waals surface area (Å²) >= 11 is 0. The molecule has 2 rings (SSSR count). The molecule has 0 heterocycles. The molecule has 0 fully saturated rings. The zero-order chi connectivity index (χ0) is 22.5. The Morgan fingerprint density at radius 2 is 1.50 bits per heavy atom. The molecule has 0 saturated carbocycles. The van der Waals surface area contributed by atoms with Crippen LogP contribution in [0.5, 0.6) is 5.75 Å². The Kier molecular flexibility index (Phi) is 7.53. The van der Waals surface area contributed by atoms with E-state index in [9.17, 15) is 18.0 Å². The van der Waals surface area contributed by atoms with E-state index in [1.54, 1.807) is 24.3 Å². The molecular weight excluding hydrogens is 395 g/mol. The van der Waals surface area contributed by atoms with Crippen LogP contribution in [0.1, 0.15) is 67.4 Å². The Morgan fingerprint density at radius 3 is 1.97 bits per heavy atom. The Morgan fingerprint density at radius 1 is 0.967 bits per heavy atom. The van der Waals surface area contributed by atoms with Crippen molar-refractivity contribution in [2.45, 2.75) is 57.9 Å². The van der Waals surface area contributed by atoms with Crippen molar-refractivity contribution in [2.75, 3.05) is 6.54 Å². The second-order valence-corrected chi connectivity index (χ2v) is 8.31. The monoisotopic (exact) mass is 423 g/mol. The van der Waals surface area contributed by atoms with Crippen LogP contribution in [-0.2, 0) is 4.74 Å². The van der Waals surface area contributed by atoms with Crippen LogP contribution in [0.2, 0.25) is 0 Å². The number of rotatable bonds is 7. The quantitative estimate of drug-likeness (QED) is 0.574. The lowest BCUT2D eigenvalue weighted by Crippen LogP contribution is -2.24. The van der Waals surface area contributed by atoms with Crippen molar-refractivity contribution < 1.29 is 27.4 Å². The van der Waals surface area contributed by atoms with Crippen LogP contribution in [-0.4, -0.2) is 24.5 Å². The summed E-state index contributed by atoms with van der Waals surface area (Å²) in [5, 5.41) is 0. The Balaban J connectivity index is 2.04. The van der Waals surface area contributed by atoms with Crippen LogP contribution >= 0.6 is 0 Å². The van der Waals surface area contributed by atoms with Gasteiger partial charge in [-0.1, -0.05) is 31.2 Å². The van der Waals surface area contributed by atoms with E-state index in [0.29, 0.717) is 18.5 Å². The minimum atomic E-state index is -4.71. The second-order valence-electron chi connectivity index (χ2n) is 8.31. The van der Waals surface area contributed by atoms with E-state index >= 15 is 0 Å². The van der Waals surface area contributed by atoms with Crippen LogP contribution in [0.3, 0.4) is 0 Å². The van der Waals surface area contributed by atoms with E-state index in [1.807, 2.05) is 39.8 Å². The van der Waals surface area contributed by atoms with Gasteiger partial charge in [-0.2, -0.15) is 0 Å². The SMILES string of the molecule is CC(CC(CN)c1ccc(C(=O)OC(C)(C)C)cc1)c1ccc(OC(F)(F)F)cc1. The first-order chi connectivity index (χ1) is 13.9. The zero-order valence-corrected chi connectivity index (χ0v) is 17.6. The van der Waals surface area contributed by atoms with Gasteiger partial charge in [0.15, 0.2) is 0 Å². The van der Waals surface area contributed by atoms with Gasteiger partial charge < -0.3 is 15.2 Å². The van der Waals surface area contributed by atoms with Crippen LogP contribution < -0.4 is 10.5 Å². The molecule has 2 aromatic rings. The number of esters is 1. The minimum absolute atomic E-state index is 0.0405. The third-order valence-electron chi connectivity index (χ3n) is 4.62. The maximum absolute atomic E-state index is 12.3. The summed E-state index contributed by atoms with van der Waals surface area (Å²) in [6.07, 6.45) is -4.00. The summed E-state index contributed by atoms with van der Waals surface area (Å²) in [6, 6.07) is 13.1. The maximum atomic E-state index is 12.3. The van der Waals surface area contributed by atoms with Crippen LogP contribution in [0.25, 0.3) is 0 Å². The molecule has 0 aliphatic rings. The fourth-order valence-corrected chi connectivity index (χ4v) is 3.16. The van der Waals surface area contributed by atoms with Crippen LogP contribution in [0.15, 0.2) is 48.5 Å². The number of carbonyl (C=O) groups excluding carboxylic acids is 1. The number of benzene rings is 2. The van der Waals surface area contributed by atoms with Crippen molar-refractivity contribution in [1.82, 2.24) is 0 Å². The molecule has 0 spiro atoms. The van der Waals surface area contributed by atoms with Crippen molar-refractivity contribution in [2.24, 2.45) is 5.73 Å². The van der Waals surface area contributed by atoms with E-state index in [-0.39, 0.29) is 23.6 Å². The van der Waals surface area contributed by atoms with E-state index in [1.165, 1.54) is 12.1 Å². The molecule has 4 nitrogen and oxygen atoms in total. The molecule has 2 unspecified atom stereocenters. The van der Waals surface area contributed by atoms with E-state index < -0.39 is 12.0 Å². The summed E-state index contributed by atoms with van der Waals surface area (Å²) in [7, 11) is 0. The summed E-state index contributed by atoms with van der Waals surface area (Å²) in [5.74, 6) is -0.512. The molecule has 0 aromatic heterocycles. The lowest BCUT2D eigenvalue weighted by Gasteiger charge is -2.22. The third kappa shape index (κ3) is 7.37. The van der Waals surface area contributed by atoms with Gasteiger partial charge in [0.05, 0.1) is 5.56 Å². The van der Waals surface area contributed by atoms with E-state index in [2.05, 4.69) is 4.74 Å². The molecule has 7 heteroatoms. The average Bonchev–Trinajstić information content (AvgIpc) is 2.64. The number of ether oxygens (including phenoxy) is 2. The third-order valence-corrected chi connectivity index (χ3v) is 4.62. The fraction of sp³-hybridized carbons (Fsp3) is 0.435. The summed E-state index contributed by atoms with van der Waals surface area (Å²) in [4.78, 5) is 12.2. The smallest absolute Gasteiger partial charge is 0.456 e. The Labute approximate surface area is 175 Å². The molecule has 164 valence electrons. The molecule has 0 radical (unpaired) electrons. The summed E-state index contributed by atoms with van der Waals surface area (Å²) in [5.41, 5.74) is 7.77. The minimum Gasteiger partial charge on any atom is -0.456 e. The van der Waals surface area contributed by atoms with Crippen molar-refractivity contribution in [3.63, 3.8) is 0 Å². The largest absolute Gasteiger partial charge is 0.573 e. The van der Waals surface area contributed by atoms with Gasteiger partial charge in [0.25, 0.3) is 0 Å². The molecule has 2 aromatic carbocycles. The molecule has 2 atom stereocenters. The molecular formula is C23H28F3NO3. The molecule has 0 saturated heterocycles. The molecule has 0 aliphatic carbocycles. The number of carbonyl (C=O) groups is 1. The lowest BCUT2D eigenvalue weighted by molar-refractivity contribution is -0.274. The van der Waals surface area contributed by atoms with Crippen molar-refractivity contribution in [3.8, 4) is 5.75 Å². The first kappa shape index (κ1) is 23.7. The molecule has 2 N–H and O–H groups in total. The zero-order valence-electron chi connectivity index (χ0n) is 17.6. The fourth-order valence-electron chi connectivity index (χ4n) is 3.16. The standard InChI is InChI=1S/C23H28F3NO3/c1-15(16-9-11-20(12-10-16)29-23(24,25)26)13-19(14-27)17-5-7-18(8-6-17)21(28)30-22(2,3)4/h5-12,15,19H,13-14,27H2,1-4H3. The van der Waals surface area contributed by atoms with Gasteiger partial charge in [-0.3, -0.25) is 0 Å². The molecule has 0 bridgehead atoms. The highest BCUT2D eigenvalue weighted by molar-refractivity contribution is 5.89. The predicted octanol–water partition coefficient (Wildman–Crippen LogP) is 5.78. The van der Waals surface area contributed by atoms with Crippen LogP contribution in [0, 0.1) is 0 Å². The predicted molar refractivity (Wildman–Crippen MR) is 110 cm³/mol. The number of halogens is 3. The van der Waals surface area contributed by atoms with Gasteiger partial charge in [-0.05, 0) is 81.0 Å². The molecule has 0 aliphatic heterocycles. The van der Waals surface area contributed by atoms with E-state index in [4.69, 9.17) is 10.5 Å². The van der Waals surface area contributed by atoms with Crippen molar-refractivity contribution in [1.29, 1.82) is 0 Å². The number of hydrogen-bond acceptors (Lipinski definition) is 4. The normalized spacial score (nSPS) is 14.1. The van der Waals surface area contributed by atoms with Gasteiger partial charge in [0, 0.05) is 0 Å². The second kappa shape index (κ2) is 9.51. The van der Waals surface area contributed by atoms with E-state index in [0.717, 1.165) is 11.1 Å².